The van der Waals surface area contributed by atoms with Crippen molar-refractivity contribution in [2.45, 2.75) is 57.7 Å². The molecule has 0 radical (unpaired) electrons. The Hall–Kier alpha value is -0.850. The summed E-state index contributed by atoms with van der Waals surface area (Å²) in [6, 6.07) is 1.52. The van der Waals surface area contributed by atoms with Gasteiger partial charge in [-0.05, 0) is 25.8 Å². The number of sulfonamides is 1. The molecule has 0 aliphatic rings. The van der Waals surface area contributed by atoms with Gasteiger partial charge >= 0.3 is 0 Å². The van der Waals surface area contributed by atoms with E-state index in [-0.39, 0.29) is 17.5 Å². The molecule has 0 fully saturated rings. The van der Waals surface area contributed by atoms with Crippen LogP contribution in [0.4, 0.5) is 0 Å². The van der Waals surface area contributed by atoms with Crippen molar-refractivity contribution < 1.29 is 13.5 Å². The minimum atomic E-state index is -3.48. The van der Waals surface area contributed by atoms with E-state index in [1.807, 2.05) is 20.8 Å². The first-order valence-corrected chi connectivity index (χ1v) is 8.10. The van der Waals surface area contributed by atoms with E-state index in [0.29, 0.717) is 12.2 Å². The highest BCUT2D eigenvalue weighted by molar-refractivity contribution is 7.89. The molecule has 0 saturated carbocycles. The lowest BCUT2D eigenvalue weighted by atomic mass is 10.3. The van der Waals surface area contributed by atoms with E-state index in [0.717, 1.165) is 12.8 Å². The van der Waals surface area contributed by atoms with Crippen LogP contribution in [0.15, 0.2) is 17.2 Å². The number of aromatic nitrogens is 1. The first-order valence-electron chi connectivity index (χ1n) is 6.66. The van der Waals surface area contributed by atoms with Crippen molar-refractivity contribution in [1.29, 1.82) is 0 Å². The number of aliphatic hydroxyl groups excluding tert-OH is 1. The molecule has 19 heavy (non-hydrogen) atoms. The van der Waals surface area contributed by atoms with E-state index in [4.69, 9.17) is 0 Å². The van der Waals surface area contributed by atoms with E-state index in [2.05, 4.69) is 0 Å². The van der Waals surface area contributed by atoms with Crippen LogP contribution in [0.1, 0.15) is 39.3 Å². The van der Waals surface area contributed by atoms with E-state index >= 15 is 0 Å². The van der Waals surface area contributed by atoms with Gasteiger partial charge in [0.15, 0.2) is 0 Å². The number of rotatable bonds is 7. The molecule has 6 heteroatoms. The first-order chi connectivity index (χ1) is 8.88. The largest absolute Gasteiger partial charge is 0.390 e. The van der Waals surface area contributed by atoms with E-state index in [1.165, 1.54) is 4.31 Å². The van der Waals surface area contributed by atoms with Gasteiger partial charge in [0.25, 0.3) is 0 Å². The summed E-state index contributed by atoms with van der Waals surface area (Å²) < 4.78 is 28.1. The Morgan fingerprint density at radius 3 is 2.53 bits per heavy atom. The van der Waals surface area contributed by atoms with Crippen LogP contribution in [0, 0.1) is 0 Å². The van der Waals surface area contributed by atoms with Gasteiger partial charge in [-0.1, -0.05) is 13.8 Å². The van der Waals surface area contributed by atoms with Crippen LogP contribution in [0.25, 0.3) is 0 Å². The fraction of sp³-hybridized carbons (Fsp3) is 0.692. The van der Waals surface area contributed by atoms with Gasteiger partial charge in [0.1, 0.15) is 4.90 Å². The predicted molar refractivity (Wildman–Crippen MR) is 75.3 cm³/mol. The van der Waals surface area contributed by atoms with Crippen LogP contribution in [0.2, 0.25) is 0 Å². The van der Waals surface area contributed by atoms with Crippen molar-refractivity contribution in [3.63, 3.8) is 0 Å². The van der Waals surface area contributed by atoms with Crippen LogP contribution < -0.4 is 0 Å². The second-order valence-corrected chi connectivity index (χ2v) is 6.79. The zero-order chi connectivity index (χ0) is 14.6. The summed E-state index contributed by atoms with van der Waals surface area (Å²) >= 11 is 0. The number of nitrogens with zero attached hydrogens (tertiary/aromatic N) is 2. The molecule has 0 aromatic carbocycles. The molecule has 0 amide bonds. The highest BCUT2D eigenvalue weighted by Crippen LogP contribution is 2.21. The fourth-order valence-electron chi connectivity index (χ4n) is 1.91. The monoisotopic (exact) mass is 288 g/mol. The molecule has 1 atom stereocenters. The molecule has 1 aromatic heterocycles. The van der Waals surface area contributed by atoms with Crippen LogP contribution >= 0.6 is 0 Å². The minimum Gasteiger partial charge on any atom is -0.390 e. The third-order valence-electron chi connectivity index (χ3n) is 3.48. The SMILES string of the molecule is CCCn1cc(S(=O)(=O)N(C)C(C)CC)cc1CO. The normalized spacial score (nSPS) is 14.0. The predicted octanol–water partition coefficient (Wildman–Crippen LogP) is 1.81. The Balaban J connectivity index is 3.15. The number of aliphatic hydroxyl groups is 1. The first kappa shape index (κ1) is 16.2. The molecule has 1 aromatic rings. The maximum atomic E-state index is 12.4. The second kappa shape index (κ2) is 6.54. The van der Waals surface area contributed by atoms with Crippen molar-refractivity contribution in [2.75, 3.05) is 7.05 Å². The zero-order valence-electron chi connectivity index (χ0n) is 12.1. The fourth-order valence-corrected chi connectivity index (χ4v) is 3.41. The van der Waals surface area contributed by atoms with Gasteiger partial charge in [0.05, 0.1) is 6.61 Å². The van der Waals surface area contributed by atoms with E-state index in [9.17, 15) is 13.5 Å². The minimum absolute atomic E-state index is 0.0444. The average molecular weight is 288 g/mol. The van der Waals surface area contributed by atoms with Gasteiger partial charge in [-0.25, -0.2) is 8.42 Å². The lowest BCUT2D eigenvalue weighted by Gasteiger charge is -2.22. The quantitative estimate of drug-likeness (QED) is 0.832. The lowest BCUT2D eigenvalue weighted by molar-refractivity contribution is 0.270. The summed E-state index contributed by atoms with van der Waals surface area (Å²) in [5.41, 5.74) is 0.637. The van der Waals surface area contributed by atoms with Crippen LogP contribution in [-0.2, 0) is 23.2 Å². The Morgan fingerprint density at radius 2 is 2.05 bits per heavy atom. The summed E-state index contributed by atoms with van der Waals surface area (Å²) in [4.78, 5) is 0.257. The van der Waals surface area contributed by atoms with Crippen LogP contribution in [0.3, 0.4) is 0 Å². The van der Waals surface area contributed by atoms with Crippen molar-refractivity contribution >= 4 is 10.0 Å². The Kier molecular flexibility index (Phi) is 5.58. The van der Waals surface area contributed by atoms with Gasteiger partial charge in [-0.2, -0.15) is 4.31 Å². The summed E-state index contributed by atoms with van der Waals surface area (Å²) in [6.45, 7) is 6.41. The van der Waals surface area contributed by atoms with Gasteiger partial charge < -0.3 is 9.67 Å². The third-order valence-corrected chi connectivity index (χ3v) is 5.41. The molecule has 110 valence electrons. The molecular formula is C13H24N2O3S. The summed E-state index contributed by atoms with van der Waals surface area (Å²) in [5, 5.41) is 9.29. The van der Waals surface area contributed by atoms with Crippen molar-refractivity contribution in [1.82, 2.24) is 8.87 Å². The zero-order valence-corrected chi connectivity index (χ0v) is 12.9. The lowest BCUT2D eigenvalue weighted by Crippen LogP contribution is -2.34. The van der Waals surface area contributed by atoms with E-state index < -0.39 is 10.0 Å². The Morgan fingerprint density at radius 1 is 1.42 bits per heavy atom. The molecule has 5 nitrogen and oxygen atoms in total. The third kappa shape index (κ3) is 3.38. The molecule has 0 saturated heterocycles. The van der Waals surface area contributed by atoms with Crippen molar-refractivity contribution in [3.8, 4) is 0 Å². The molecular weight excluding hydrogens is 264 g/mol. The molecule has 1 heterocycles. The highest BCUT2D eigenvalue weighted by Gasteiger charge is 2.26. The van der Waals surface area contributed by atoms with Crippen molar-refractivity contribution in [2.24, 2.45) is 0 Å². The number of aryl methyl sites for hydroxylation is 1. The topological polar surface area (TPSA) is 62.5 Å². The van der Waals surface area contributed by atoms with Crippen molar-refractivity contribution in [3.05, 3.63) is 18.0 Å². The summed E-state index contributed by atoms with van der Waals surface area (Å²) in [7, 11) is -1.88. The van der Waals surface area contributed by atoms with Crippen LogP contribution in [-0.4, -0.2) is 35.5 Å². The van der Waals surface area contributed by atoms with Crippen LogP contribution in [0.5, 0.6) is 0 Å². The second-order valence-electron chi connectivity index (χ2n) is 4.80. The molecule has 0 spiro atoms. The number of hydrogen-bond acceptors (Lipinski definition) is 3. The number of hydrogen-bond donors (Lipinski definition) is 1. The summed E-state index contributed by atoms with van der Waals surface area (Å²) in [6.07, 6.45) is 3.27. The van der Waals surface area contributed by atoms with Gasteiger partial charge in [0.2, 0.25) is 10.0 Å². The maximum absolute atomic E-state index is 12.4. The molecule has 0 aliphatic heterocycles. The average Bonchev–Trinajstić information content (AvgIpc) is 2.81. The van der Waals surface area contributed by atoms with Gasteiger partial charge in [-0.15, -0.1) is 0 Å². The van der Waals surface area contributed by atoms with E-state index in [1.54, 1.807) is 23.9 Å². The van der Waals surface area contributed by atoms with Gasteiger partial charge in [-0.3, -0.25) is 0 Å². The Bertz CT molecular complexity index is 508. The summed E-state index contributed by atoms with van der Waals surface area (Å²) in [5.74, 6) is 0. The standard InChI is InChI=1S/C13H24N2O3S/c1-5-7-15-9-13(8-12(15)10-16)19(17,18)14(4)11(3)6-2/h8-9,11,16H,5-7,10H2,1-4H3. The maximum Gasteiger partial charge on any atom is 0.244 e. The molecule has 1 N–H and O–H groups in total. The smallest absolute Gasteiger partial charge is 0.244 e. The molecule has 1 rings (SSSR count). The Labute approximate surface area is 115 Å². The molecule has 0 aliphatic carbocycles. The highest BCUT2D eigenvalue weighted by atomic mass is 32.2. The molecule has 1 unspecified atom stereocenters. The molecule has 0 bridgehead atoms. The van der Waals surface area contributed by atoms with Gasteiger partial charge in [0, 0.05) is 31.5 Å².